The summed E-state index contributed by atoms with van der Waals surface area (Å²) in [6.45, 7) is 11.0. The van der Waals surface area contributed by atoms with Gasteiger partial charge in [0.1, 0.15) is 0 Å². The molecular formula is C24H39IN6S. The quantitative estimate of drug-likeness (QED) is 0.187. The van der Waals surface area contributed by atoms with Crippen molar-refractivity contribution in [2.45, 2.75) is 39.2 Å². The molecule has 32 heavy (non-hydrogen) atoms. The number of rotatable bonds is 11. The Bertz CT molecular complexity index is 774. The largest absolute Gasteiger partial charge is 0.356 e. The summed E-state index contributed by atoms with van der Waals surface area (Å²) in [5.41, 5.74) is 1.42. The predicted molar refractivity (Wildman–Crippen MR) is 147 cm³/mol. The number of hydrogen-bond donors (Lipinski definition) is 2. The predicted octanol–water partition coefficient (Wildman–Crippen LogP) is 3.63. The van der Waals surface area contributed by atoms with E-state index in [0.29, 0.717) is 0 Å². The van der Waals surface area contributed by atoms with Gasteiger partial charge in [0.2, 0.25) is 0 Å². The van der Waals surface area contributed by atoms with Gasteiger partial charge >= 0.3 is 0 Å². The molecule has 0 atom stereocenters. The zero-order chi connectivity index (χ0) is 21.7. The maximum absolute atomic E-state index is 4.48. The zero-order valence-electron chi connectivity index (χ0n) is 19.6. The van der Waals surface area contributed by atoms with Crippen LogP contribution in [-0.2, 0) is 19.4 Å². The number of guanidine groups is 1. The van der Waals surface area contributed by atoms with Gasteiger partial charge in [-0.3, -0.25) is 9.89 Å². The van der Waals surface area contributed by atoms with Gasteiger partial charge < -0.3 is 15.5 Å². The van der Waals surface area contributed by atoms with Crippen LogP contribution in [0.15, 0.2) is 41.5 Å². The molecule has 1 aromatic carbocycles. The molecule has 1 aliphatic heterocycles. The molecule has 8 heteroatoms. The van der Waals surface area contributed by atoms with Crippen LogP contribution in [0, 0.1) is 0 Å². The van der Waals surface area contributed by atoms with Crippen molar-refractivity contribution in [3.63, 3.8) is 0 Å². The Labute approximate surface area is 214 Å². The van der Waals surface area contributed by atoms with Crippen LogP contribution < -0.4 is 10.6 Å². The van der Waals surface area contributed by atoms with E-state index in [1.807, 2.05) is 24.6 Å². The van der Waals surface area contributed by atoms with Gasteiger partial charge in [0.05, 0.1) is 5.01 Å². The number of aryl methyl sites for hydroxylation is 1. The smallest absolute Gasteiger partial charge is 0.190 e. The van der Waals surface area contributed by atoms with Crippen molar-refractivity contribution in [2.75, 3.05) is 52.9 Å². The van der Waals surface area contributed by atoms with E-state index >= 15 is 0 Å². The number of unbranched alkanes of at least 4 members (excludes halogenated alkanes) is 1. The third kappa shape index (κ3) is 9.72. The number of thiazole rings is 1. The van der Waals surface area contributed by atoms with Crippen molar-refractivity contribution >= 4 is 41.3 Å². The minimum atomic E-state index is 0. The standard InChI is InChI=1S/C24H38N6S.HI/c1-3-22-19-28-23(31-22)11-13-27-24(25-2)26-12-7-8-14-29-15-17-30(18-16-29)20-21-9-5-4-6-10-21;/h4-6,9-10,19H,3,7-8,11-18,20H2,1-2H3,(H2,25,26,27);1H. The Morgan fingerprint density at radius 1 is 1.03 bits per heavy atom. The average Bonchev–Trinajstić information content (AvgIpc) is 3.27. The number of nitrogens with one attached hydrogen (secondary N) is 2. The summed E-state index contributed by atoms with van der Waals surface area (Å²) in [5.74, 6) is 0.891. The minimum Gasteiger partial charge on any atom is -0.356 e. The number of aromatic nitrogens is 1. The number of aliphatic imine (C=N–C) groups is 1. The molecule has 0 amide bonds. The molecule has 0 spiro atoms. The first-order valence-corrected chi connectivity index (χ1v) is 12.4. The van der Waals surface area contributed by atoms with Crippen molar-refractivity contribution < 1.29 is 0 Å². The first kappa shape index (κ1) is 27.0. The van der Waals surface area contributed by atoms with Crippen LogP contribution in [0.4, 0.5) is 0 Å². The van der Waals surface area contributed by atoms with Gasteiger partial charge in [0.25, 0.3) is 0 Å². The Kier molecular flexibility index (Phi) is 13.2. The number of nitrogens with zero attached hydrogens (tertiary/aromatic N) is 4. The van der Waals surface area contributed by atoms with E-state index in [2.05, 4.69) is 67.7 Å². The number of piperazine rings is 1. The molecule has 0 aliphatic carbocycles. The van der Waals surface area contributed by atoms with Gasteiger partial charge in [-0.1, -0.05) is 37.3 Å². The van der Waals surface area contributed by atoms with Crippen LogP contribution >= 0.6 is 35.3 Å². The SMILES string of the molecule is CCc1cnc(CCNC(=NC)NCCCCN2CCN(Cc3ccccc3)CC2)s1.I. The second-order valence-electron chi connectivity index (χ2n) is 8.06. The second-order valence-corrected chi connectivity index (χ2v) is 9.26. The zero-order valence-corrected chi connectivity index (χ0v) is 22.7. The highest BCUT2D eigenvalue weighted by molar-refractivity contribution is 14.0. The topological polar surface area (TPSA) is 55.8 Å². The summed E-state index contributed by atoms with van der Waals surface area (Å²) >= 11 is 1.81. The summed E-state index contributed by atoms with van der Waals surface area (Å²) in [6.07, 6.45) is 6.40. The Balaban J connectivity index is 0.00000363. The van der Waals surface area contributed by atoms with Gasteiger partial charge in [-0.25, -0.2) is 4.98 Å². The van der Waals surface area contributed by atoms with Gasteiger partial charge in [0, 0.05) is 70.4 Å². The molecule has 1 saturated heterocycles. The fourth-order valence-corrected chi connectivity index (χ4v) is 4.68. The Hall–Kier alpha value is -1.23. The van der Waals surface area contributed by atoms with Crippen LogP contribution in [0.3, 0.4) is 0 Å². The van der Waals surface area contributed by atoms with E-state index in [0.717, 1.165) is 44.9 Å². The fourth-order valence-electron chi connectivity index (χ4n) is 3.82. The van der Waals surface area contributed by atoms with Crippen molar-refractivity contribution in [3.8, 4) is 0 Å². The van der Waals surface area contributed by atoms with Crippen molar-refractivity contribution in [3.05, 3.63) is 52.0 Å². The van der Waals surface area contributed by atoms with Gasteiger partial charge in [-0.05, 0) is 31.4 Å². The number of hydrogen-bond acceptors (Lipinski definition) is 5. The molecule has 0 radical (unpaired) electrons. The van der Waals surface area contributed by atoms with E-state index in [1.54, 1.807) is 0 Å². The van der Waals surface area contributed by atoms with Gasteiger partial charge in [0.15, 0.2) is 5.96 Å². The molecular weight excluding hydrogens is 531 g/mol. The van der Waals surface area contributed by atoms with Gasteiger partial charge in [-0.15, -0.1) is 35.3 Å². The normalized spacial score (nSPS) is 15.4. The molecule has 2 heterocycles. The molecule has 2 aromatic rings. The van der Waals surface area contributed by atoms with E-state index in [9.17, 15) is 0 Å². The summed E-state index contributed by atoms with van der Waals surface area (Å²) in [7, 11) is 1.84. The van der Waals surface area contributed by atoms with Crippen LogP contribution in [0.5, 0.6) is 0 Å². The molecule has 2 N–H and O–H groups in total. The number of halogens is 1. The van der Waals surface area contributed by atoms with Crippen LogP contribution in [0.25, 0.3) is 0 Å². The average molecular weight is 571 g/mol. The molecule has 0 bridgehead atoms. The van der Waals surface area contributed by atoms with E-state index in [4.69, 9.17) is 0 Å². The molecule has 3 rings (SSSR count). The van der Waals surface area contributed by atoms with E-state index < -0.39 is 0 Å². The molecule has 178 valence electrons. The minimum absolute atomic E-state index is 0. The van der Waals surface area contributed by atoms with Crippen LogP contribution in [-0.4, -0.2) is 73.6 Å². The lowest BCUT2D eigenvalue weighted by molar-refractivity contribution is 0.126. The maximum Gasteiger partial charge on any atom is 0.190 e. The van der Waals surface area contributed by atoms with Gasteiger partial charge in [-0.2, -0.15) is 0 Å². The van der Waals surface area contributed by atoms with E-state index in [-0.39, 0.29) is 24.0 Å². The van der Waals surface area contributed by atoms with Crippen molar-refractivity contribution in [2.24, 2.45) is 4.99 Å². The first-order chi connectivity index (χ1) is 15.3. The molecule has 1 aliphatic rings. The summed E-state index contributed by atoms with van der Waals surface area (Å²) < 4.78 is 0. The highest BCUT2D eigenvalue weighted by Gasteiger charge is 2.16. The maximum atomic E-state index is 4.48. The van der Waals surface area contributed by atoms with Crippen LogP contribution in [0.2, 0.25) is 0 Å². The lowest BCUT2D eigenvalue weighted by Gasteiger charge is -2.34. The number of benzene rings is 1. The Morgan fingerprint density at radius 2 is 1.75 bits per heavy atom. The second kappa shape index (κ2) is 15.6. The highest BCUT2D eigenvalue weighted by atomic mass is 127. The van der Waals surface area contributed by atoms with E-state index in [1.165, 1.54) is 54.6 Å². The lowest BCUT2D eigenvalue weighted by atomic mass is 10.2. The fraction of sp³-hybridized carbons (Fsp3) is 0.583. The molecule has 0 saturated carbocycles. The highest BCUT2D eigenvalue weighted by Crippen LogP contribution is 2.13. The van der Waals surface area contributed by atoms with Crippen molar-refractivity contribution in [1.29, 1.82) is 0 Å². The molecule has 1 fully saturated rings. The first-order valence-electron chi connectivity index (χ1n) is 11.6. The molecule has 0 unspecified atom stereocenters. The summed E-state index contributed by atoms with van der Waals surface area (Å²) in [6, 6.07) is 10.8. The van der Waals surface area contributed by atoms with Crippen LogP contribution in [0.1, 0.15) is 35.2 Å². The third-order valence-electron chi connectivity index (χ3n) is 5.71. The monoisotopic (exact) mass is 570 g/mol. The lowest BCUT2D eigenvalue weighted by Crippen LogP contribution is -2.46. The summed E-state index contributed by atoms with van der Waals surface area (Å²) in [4.78, 5) is 15.3. The molecule has 6 nitrogen and oxygen atoms in total. The molecule has 1 aromatic heterocycles. The Morgan fingerprint density at radius 3 is 2.44 bits per heavy atom. The third-order valence-corrected chi connectivity index (χ3v) is 6.91. The van der Waals surface area contributed by atoms with Crippen molar-refractivity contribution in [1.82, 2.24) is 25.4 Å². The summed E-state index contributed by atoms with van der Waals surface area (Å²) in [5, 5.41) is 8.04.